The van der Waals surface area contributed by atoms with E-state index in [1.807, 2.05) is 0 Å². The van der Waals surface area contributed by atoms with E-state index in [0.717, 1.165) is 19.4 Å². The van der Waals surface area contributed by atoms with E-state index < -0.39 is 21.8 Å². The number of nitrogens with one attached hydrogen (secondary N) is 1. The maximum atomic E-state index is 12.9. The number of carbonyl (C=O) groups excluding carboxylic acids is 2. The predicted octanol–water partition coefficient (Wildman–Crippen LogP) is 1.83. The molecule has 132 valence electrons. The molecule has 0 aliphatic rings. The first-order valence-electron chi connectivity index (χ1n) is 7.07. The minimum atomic E-state index is -4.27. The molecule has 1 N–H and O–H groups in total. The van der Waals surface area contributed by atoms with Crippen LogP contribution < -0.4 is 5.32 Å². The fourth-order valence-electron chi connectivity index (χ4n) is 2.01. The summed E-state index contributed by atoms with van der Waals surface area (Å²) in [5, 5.41) is 2.81. The number of amides is 2. The fraction of sp³-hybridized carbons (Fsp3) is 0.200. The van der Waals surface area contributed by atoms with E-state index in [1.54, 1.807) is 24.3 Å². The van der Waals surface area contributed by atoms with E-state index in [9.17, 15) is 18.0 Å². The molecule has 0 saturated heterocycles. The summed E-state index contributed by atoms with van der Waals surface area (Å²) >= 11 is 5.81. The molecule has 0 bridgehead atoms. The van der Waals surface area contributed by atoms with Gasteiger partial charge in [0.15, 0.2) is 5.82 Å². The average molecular weight is 383 g/mol. The number of sulfonamides is 1. The fourth-order valence-corrected chi connectivity index (χ4v) is 3.57. The Morgan fingerprint density at radius 2 is 1.84 bits per heavy atom. The third kappa shape index (κ3) is 4.52. The average Bonchev–Trinajstić information content (AvgIpc) is 2.53. The molecular formula is C15H15ClN4O4S. The third-order valence-electron chi connectivity index (χ3n) is 3.13. The van der Waals surface area contributed by atoms with Gasteiger partial charge >= 0.3 is 0 Å². The summed E-state index contributed by atoms with van der Waals surface area (Å²) < 4.78 is 26.5. The first kappa shape index (κ1) is 18.8. The van der Waals surface area contributed by atoms with E-state index in [0.29, 0.717) is 14.9 Å². The Morgan fingerprint density at radius 3 is 2.40 bits per heavy atom. The molecule has 1 heterocycles. The van der Waals surface area contributed by atoms with Crippen molar-refractivity contribution in [3.05, 3.63) is 47.4 Å². The van der Waals surface area contributed by atoms with Crippen molar-refractivity contribution < 1.29 is 18.0 Å². The second-order valence-electron chi connectivity index (χ2n) is 5.07. The van der Waals surface area contributed by atoms with Gasteiger partial charge in [0.05, 0.1) is 12.7 Å². The molecule has 2 rings (SSSR count). The molecule has 8 nitrogen and oxygen atoms in total. The van der Waals surface area contributed by atoms with Gasteiger partial charge in [-0.3, -0.25) is 9.59 Å². The van der Waals surface area contributed by atoms with Gasteiger partial charge in [0.25, 0.3) is 10.0 Å². The zero-order valence-electron chi connectivity index (χ0n) is 13.4. The molecular weight excluding hydrogens is 368 g/mol. The van der Waals surface area contributed by atoms with Crippen LogP contribution in [0.25, 0.3) is 0 Å². The molecule has 0 unspecified atom stereocenters. The normalized spacial score (nSPS) is 11.0. The van der Waals surface area contributed by atoms with Crippen molar-refractivity contribution >= 4 is 39.3 Å². The van der Waals surface area contributed by atoms with Crippen LogP contribution in [0.5, 0.6) is 0 Å². The van der Waals surface area contributed by atoms with Gasteiger partial charge in [0, 0.05) is 18.9 Å². The Labute approximate surface area is 149 Å². The lowest BCUT2D eigenvalue weighted by atomic mass is 10.2. The summed E-state index contributed by atoms with van der Waals surface area (Å²) in [6, 6.07) is 6.42. The van der Waals surface area contributed by atoms with Crippen LogP contribution in [-0.2, 0) is 26.2 Å². The molecule has 1 aromatic carbocycles. The molecule has 1 aromatic heterocycles. The number of hydrogen-bond acceptors (Lipinski definition) is 6. The minimum Gasteiger partial charge on any atom is -0.310 e. The van der Waals surface area contributed by atoms with Crippen LogP contribution in [0.3, 0.4) is 0 Å². The molecule has 0 atom stereocenters. The van der Waals surface area contributed by atoms with Crippen LogP contribution in [0.15, 0.2) is 41.7 Å². The van der Waals surface area contributed by atoms with Crippen molar-refractivity contribution in [2.24, 2.45) is 0 Å². The number of halogens is 1. The highest BCUT2D eigenvalue weighted by molar-refractivity contribution is 7.89. The van der Waals surface area contributed by atoms with Crippen LogP contribution >= 0.6 is 11.6 Å². The number of rotatable bonds is 5. The van der Waals surface area contributed by atoms with E-state index in [1.165, 1.54) is 6.92 Å². The number of carbonyl (C=O) groups is 2. The summed E-state index contributed by atoms with van der Waals surface area (Å²) in [5.41, 5.74) is 0.570. The lowest BCUT2D eigenvalue weighted by Gasteiger charge is -2.22. The maximum Gasteiger partial charge on any atom is 0.272 e. The van der Waals surface area contributed by atoms with E-state index in [-0.39, 0.29) is 17.3 Å². The van der Waals surface area contributed by atoms with E-state index in [4.69, 9.17) is 11.6 Å². The Hall–Kier alpha value is -2.52. The van der Waals surface area contributed by atoms with Gasteiger partial charge < -0.3 is 5.32 Å². The SMILES string of the molecule is CC(=O)Nc1ncncc1S(=O)(=O)N(Cc1ccc(Cl)cc1)C(C)=O. The van der Waals surface area contributed by atoms with Gasteiger partial charge in [-0.25, -0.2) is 22.7 Å². The van der Waals surface area contributed by atoms with Gasteiger partial charge in [0.2, 0.25) is 11.8 Å². The van der Waals surface area contributed by atoms with E-state index >= 15 is 0 Å². The van der Waals surface area contributed by atoms with Gasteiger partial charge in [0.1, 0.15) is 11.2 Å². The Morgan fingerprint density at radius 1 is 1.20 bits per heavy atom. The van der Waals surface area contributed by atoms with Crippen molar-refractivity contribution in [2.45, 2.75) is 25.3 Å². The maximum absolute atomic E-state index is 12.9. The van der Waals surface area contributed by atoms with Crippen molar-refractivity contribution in [2.75, 3.05) is 5.32 Å². The predicted molar refractivity (Wildman–Crippen MR) is 91.2 cm³/mol. The van der Waals surface area contributed by atoms with Gasteiger partial charge in [-0.05, 0) is 17.7 Å². The van der Waals surface area contributed by atoms with Crippen molar-refractivity contribution in [3.63, 3.8) is 0 Å². The smallest absolute Gasteiger partial charge is 0.272 e. The van der Waals surface area contributed by atoms with E-state index in [2.05, 4.69) is 15.3 Å². The zero-order valence-corrected chi connectivity index (χ0v) is 15.0. The lowest BCUT2D eigenvalue weighted by molar-refractivity contribution is -0.124. The molecule has 2 aromatic rings. The molecule has 2 amide bonds. The monoisotopic (exact) mass is 382 g/mol. The largest absolute Gasteiger partial charge is 0.310 e. The number of nitrogens with zero attached hydrogens (tertiary/aromatic N) is 3. The third-order valence-corrected chi connectivity index (χ3v) is 5.20. The van der Waals surface area contributed by atoms with Gasteiger partial charge in [-0.15, -0.1) is 0 Å². The first-order chi connectivity index (χ1) is 11.7. The van der Waals surface area contributed by atoms with Crippen LogP contribution in [0.4, 0.5) is 5.82 Å². The quantitative estimate of drug-likeness (QED) is 0.844. The molecule has 0 aliphatic carbocycles. The number of aromatic nitrogens is 2. The van der Waals surface area contributed by atoms with Crippen LogP contribution in [-0.4, -0.2) is 34.5 Å². The van der Waals surface area contributed by atoms with Crippen LogP contribution in [0.2, 0.25) is 5.02 Å². The van der Waals surface area contributed by atoms with Crippen molar-refractivity contribution in [1.82, 2.24) is 14.3 Å². The van der Waals surface area contributed by atoms with Crippen molar-refractivity contribution in [1.29, 1.82) is 0 Å². The summed E-state index contributed by atoms with van der Waals surface area (Å²) in [7, 11) is -4.27. The summed E-state index contributed by atoms with van der Waals surface area (Å²) in [4.78, 5) is 30.3. The first-order valence-corrected chi connectivity index (χ1v) is 8.89. The molecule has 0 fully saturated rings. The second-order valence-corrected chi connectivity index (χ2v) is 7.34. The Kier molecular flexibility index (Phi) is 5.70. The highest BCUT2D eigenvalue weighted by Gasteiger charge is 2.30. The highest BCUT2D eigenvalue weighted by Crippen LogP contribution is 2.24. The molecule has 0 spiro atoms. The minimum absolute atomic E-state index is 0.190. The standard InChI is InChI=1S/C15H15ClN4O4S/c1-10(21)19-15-14(7-17-9-18-15)25(23,24)20(11(2)22)8-12-3-5-13(16)6-4-12/h3-7,9H,8H2,1-2H3,(H,17,18,19,21). The van der Waals surface area contributed by atoms with Crippen LogP contribution in [0.1, 0.15) is 19.4 Å². The molecule has 10 heteroatoms. The molecule has 0 radical (unpaired) electrons. The Balaban J connectivity index is 2.45. The Bertz CT molecular complexity index is 900. The van der Waals surface area contributed by atoms with Gasteiger partial charge in [-0.1, -0.05) is 23.7 Å². The number of anilines is 1. The lowest BCUT2D eigenvalue weighted by Crippen LogP contribution is -2.35. The second kappa shape index (κ2) is 7.58. The zero-order chi connectivity index (χ0) is 18.6. The summed E-state index contributed by atoms with van der Waals surface area (Å²) in [5.74, 6) is -1.38. The summed E-state index contributed by atoms with van der Waals surface area (Å²) in [6.07, 6.45) is 2.13. The number of hydrogen-bond donors (Lipinski definition) is 1. The topological polar surface area (TPSA) is 109 Å². The van der Waals surface area contributed by atoms with Crippen molar-refractivity contribution in [3.8, 4) is 0 Å². The van der Waals surface area contributed by atoms with Crippen LogP contribution in [0, 0.1) is 0 Å². The number of benzene rings is 1. The molecule has 25 heavy (non-hydrogen) atoms. The van der Waals surface area contributed by atoms with Gasteiger partial charge in [-0.2, -0.15) is 0 Å². The molecule has 0 saturated carbocycles. The molecule has 0 aliphatic heterocycles. The highest BCUT2D eigenvalue weighted by atomic mass is 35.5. The summed E-state index contributed by atoms with van der Waals surface area (Å²) in [6.45, 7) is 2.16.